The number of Topliss-reactive ketones (excluding diaryl/α,β-unsaturated/α-hetero) is 1. The first-order valence-electron chi connectivity index (χ1n) is 7.96. The summed E-state index contributed by atoms with van der Waals surface area (Å²) < 4.78 is 0. The zero-order chi connectivity index (χ0) is 18.5. The van der Waals surface area contributed by atoms with Crippen molar-refractivity contribution in [3.05, 3.63) is 59.1 Å². The van der Waals surface area contributed by atoms with Crippen LogP contribution in [0.15, 0.2) is 48.5 Å². The minimum absolute atomic E-state index is 0.0170. The smallest absolute Gasteiger partial charge is 0.226 e. The second kappa shape index (κ2) is 7.88. The molecule has 26 heavy (non-hydrogen) atoms. The number of benzene rings is 2. The number of carbonyl (C=O) groups is 2. The number of aryl methyl sites for hydroxylation is 1. The van der Waals surface area contributed by atoms with Crippen LogP contribution in [0, 0.1) is 0 Å². The van der Waals surface area contributed by atoms with Crippen LogP contribution >= 0.6 is 11.6 Å². The van der Waals surface area contributed by atoms with Crippen LogP contribution < -0.4 is 5.32 Å². The standard InChI is InChI=1S/C18H16ClN5O2/c1-12(25)13-4-8-16(9-5-13)20-17(26)10-11-24-22-18(21-23-24)14-2-6-15(19)7-3-14/h2-9H,10-11H2,1H3,(H,20,26). The lowest BCUT2D eigenvalue weighted by Crippen LogP contribution is -2.15. The maximum Gasteiger partial charge on any atom is 0.226 e. The van der Waals surface area contributed by atoms with Gasteiger partial charge in [-0.25, -0.2) is 0 Å². The van der Waals surface area contributed by atoms with E-state index in [2.05, 4.69) is 20.7 Å². The van der Waals surface area contributed by atoms with Gasteiger partial charge in [-0.05, 0) is 60.7 Å². The fourth-order valence-corrected chi connectivity index (χ4v) is 2.39. The Morgan fingerprint density at radius 2 is 1.77 bits per heavy atom. The van der Waals surface area contributed by atoms with Crippen molar-refractivity contribution in [1.29, 1.82) is 0 Å². The number of hydrogen-bond donors (Lipinski definition) is 1. The highest BCUT2D eigenvalue weighted by Gasteiger charge is 2.08. The third-order valence-electron chi connectivity index (χ3n) is 3.67. The van der Waals surface area contributed by atoms with E-state index >= 15 is 0 Å². The van der Waals surface area contributed by atoms with Gasteiger partial charge in [-0.15, -0.1) is 10.2 Å². The number of hydrogen-bond acceptors (Lipinski definition) is 5. The fraction of sp³-hybridized carbons (Fsp3) is 0.167. The van der Waals surface area contributed by atoms with Crippen molar-refractivity contribution in [3.8, 4) is 11.4 Å². The van der Waals surface area contributed by atoms with Crippen LogP contribution in [0.4, 0.5) is 5.69 Å². The number of carbonyl (C=O) groups excluding carboxylic acids is 2. The van der Waals surface area contributed by atoms with E-state index in [4.69, 9.17) is 11.6 Å². The van der Waals surface area contributed by atoms with Crippen molar-refractivity contribution in [2.24, 2.45) is 0 Å². The van der Waals surface area contributed by atoms with E-state index in [1.807, 2.05) is 0 Å². The molecule has 3 aromatic rings. The van der Waals surface area contributed by atoms with Crippen LogP contribution in [0.5, 0.6) is 0 Å². The van der Waals surface area contributed by atoms with Crippen LogP contribution in [0.2, 0.25) is 5.02 Å². The average Bonchev–Trinajstić information content (AvgIpc) is 3.10. The summed E-state index contributed by atoms with van der Waals surface area (Å²) >= 11 is 5.86. The monoisotopic (exact) mass is 369 g/mol. The molecule has 2 aromatic carbocycles. The summed E-state index contributed by atoms with van der Waals surface area (Å²) in [5.74, 6) is 0.282. The van der Waals surface area contributed by atoms with Crippen molar-refractivity contribution in [3.63, 3.8) is 0 Å². The lowest BCUT2D eigenvalue weighted by Gasteiger charge is -2.05. The van der Waals surface area contributed by atoms with E-state index in [1.54, 1.807) is 48.5 Å². The van der Waals surface area contributed by atoms with Gasteiger partial charge in [-0.1, -0.05) is 11.6 Å². The molecule has 1 N–H and O–H groups in total. The zero-order valence-corrected chi connectivity index (χ0v) is 14.8. The molecule has 0 unspecified atom stereocenters. The molecule has 1 aromatic heterocycles. The largest absolute Gasteiger partial charge is 0.326 e. The summed E-state index contributed by atoms with van der Waals surface area (Å²) in [4.78, 5) is 24.7. The lowest BCUT2D eigenvalue weighted by atomic mass is 10.1. The second-order valence-electron chi connectivity index (χ2n) is 5.65. The van der Waals surface area contributed by atoms with Crippen molar-refractivity contribution >= 4 is 29.0 Å². The molecule has 7 nitrogen and oxygen atoms in total. The molecule has 1 heterocycles. The van der Waals surface area contributed by atoms with Crippen LogP contribution in [-0.2, 0) is 11.3 Å². The second-order valence-corrected chi connectivity index (χ2v) is 6.08. The van der Waals surface area contributed by atoms with E-state index in [9.17, 15) is 9.59 Å². The fourth-order valence-electron chi connectivity index (χ4n) is 2.27. The van der Waals surface area contributed by atoms with Crippen molar-refractivity contribution in [2.45, 2.75) is 19.9 Å². The molecule has 0 saturated carbocycles. The third kappa shape index (κ3) is 4.52. The molecule has 0 aliphatic rings. The Kier molecular flexibility index (Phi) is 5.38. The summed E-state index contributed by atoms with van der Waals surface area (Å²) in [6.07, 6.45) is 0.199. The van der Waals surface area contributed by atoms with Crippen LogP contribution in [0.25, 0.3) is 11.4 Å². The minimum atomic E-state index is -0.175. The van der Waals surface area contributed by atoms with E-state index in [0.717, 1.165) is 5.56 Å². The number of halogens is 1. The number of rotatable bonds is 6. The minimum Gasteiger partial charge on any atom is -0.326 e. The van der Waals surface area contributed by atoms with Crippen molar-refractivity contribution < 1.29 is 9.59 Å². The Labute approximate surface area is 155 Å². The van der Waals surface area contributed by atoms with Gasteiger partial charge in [0.1, 0.15) is 0 Å². The number of anilines is 1. The third-order valence-corrected chi connectivity index (χ3v) is 3.92. The molecular weight excluding hydrogens is 354 g/mol. The molecule has 0 bridgehead atoms. The van der Waals surface area contributed by atoms with E-state index in [0.29, 0.717) is 28.6 Å². The summed E-state index contributed by atoms with van der Waals surface area (Å²) in [5.41, 5.74) is 2.04. The molecule has 0 aliphatic heterocycles. The first-order chi connectivity index (χ1) is 12.5. The van der Waals surface area contributed by atoms with Crippen molar-refractivity contribution in [2.75, 3.05) is 5.32 Å². The Morgan fingerprint density at radius 1 is 1.08 bits per heavy atom. The van der Waals surface area contributed by atoms with Gasteiger partial charge in [0.05, 0.1) is 6.54 Å². The summed E-state index contributed by atoms with van der Waals surface area (Å²) in [6, 6.07) is 13.9. The van der Waals surface area contributed by atoms with Crippen LogP contribution in [-0.4, -0.2) is 31.9 Å². The lowest BCUT2D eigenvalue weighted by molar-refractivity contribution is -0.116. The molecular formula is C18H16ClN5O2. The summed E-state index contributed by atoms with van der Waals surface area (Å²) in [7, 11) is 0. The first kappa shape index (κ1) is 17.8. The molecule has 0 atom stereocenters. The predicted molar refractivity (Wildman–Crippen MR) is 98.0 cm³/mol. The number of amides is 1. The van der Waals surface area contributed by atoms with Gasteiger partial charge >= 0.3 is 0 Å². The maximum atomic E-state index is 12.0. The quantitative estimate of drug-likeness (QED) is 0.674. The van der Waals surface area contributed by atoms with E-state index in [1.165, 1.54) is 11.7 Å². The Balaban J connectivity index is 1.54. The number of tetrazole rings is 1. The van der Waals surface area contributed by atoms with Crippen LogP contribution in [0.3, 0.4) is 0 Å². The summed E-state index contributed by atoms with van der Waals surface area (Å²) in [6.45, 7) is 1.80. The molecule has 1 amide bonds. The van der Waals surface area contributed by atoms with E-state index in [-0.39, 0.29) is 18.1 Å². The molecule has 8 heteroatoms. The number of aromatic nitrogens is 4. The first-order valence-corrected chi connectivity index (χ1v) is 8.33. The molecule has 3 rings (SSSR count). The predicted octanol–water partition coefficient (Wildman–Crippen LogP) is 3.22. The Morgan fingerprint density at radius 3 is 2.42 bits per heavy atom. The highest BCUT2D eigenvalue weighted by atomic mass is 35.5. The number of ketones is 1. The van der Waals surface area contributed by atoms with Crippen molar-refractivity contribution in [1.82, 2.24) is 20.2 Å². The molecule has 0 saturated heterocycles. The topological polar surface area (TPSA) is 89.8 Å². The molecule has 132 valence electrons. The Bertz CT molecular complexity index is 920. The molecule has 0 radical (unpaired) electrons. The van der Waals surface area contributed by atoms with Gasteiger partial charge in [0, 0.05) is 28.3 Å². The SMILES string of the molecule is CC(=O)c1ccc(NC(=O)CCn2nnc(-c3ccc(Cl)cc3)n2)cc1. The van der Waals surface area contributed by atoms with Gasteiger partial charge in [-0.2, -0.15) is 4.80 Å². The normalized spacial score (nSPS) is 10.5. The molecule has 0 spiro atoms. The highest BCUT2D eigenvalue weighted by Crippen LogP contribution is 2.17. The average molecular weight is 370 g/mol. The van der Waals surface area contributed by atoms with Gasteiger partial charge < -0.3 is 5.32 Å². The Hall–Kier alpha value is -3.06. The highest BCUT2D eigenvalue weighted by molar-refractivity contribution is 6.30. The van der Waals surface area contributed by atoms with Gasteiger partial charge in [0.2, 0.25) is 11.7 Å². The number of nitrogens with zero attached hydrogens (tertiary/aromatic N) is 4. The van der Waals surface area contributed by atoms with E-state index < -0.39 is 0 Å². The zero-order valence-electron chi connectivity index (χ0n) is 14.0. The summed E-state index contributed by atoms with van der Waals surface area (Å²) in [5, 5.41) is 15.6. The van der Waals surface area contributed by atoms with Gasteiger partial charge in [0.15, 0.2) is 5.78 Å². The molecule has 0 fully saturated rings. The number of nitrogens with one attached hydrogen (secondary N) is 1. The molecule has 0 aliphatic carbocycles. The van der Waals surface area contributed by atoms with Gasteiger partial charge in [-0.3, -0.25) is 9.59 Å². The van der Waals surface area contributed by atoms with Gasteiger partial charge in [0.25, 0.3) is 0 Å². The van der Waals surface area contributed by atoms with Crippen LogP contribution in [0.1, 0.15) is 23.7 Å². The maximum absolute atomic E-state index is 12.0.